The van der Waals surface area contributed by atoms with Crippen LogP contribution in [0.5, 0.6) is 0 Å². The van der Waals surface area contributed by atoms with Gasteiger partial charge in [0.05, 0.1) is 0 Å². The van der Waals surface area contributed by atoms with Crippen molar-refractivity contribution < 1.29 is 13.9 Å². The van der Waals surface area contributed by atoms with Crippen LogP contribution in [0, 0.1) is 5.92 Å². The number of ether oxygens (including phenoxy) is 1. The van der Waals surface area contributed by atoms with Crippen molar-refractivity contribution in [3.05, 3.63) is 24.3 Å². The molecule has 0 N–H and O–H groups in total. The lowest BCUT2D eigenvalue weighted by Gasteiger charge is -2.33. The van der Waals surface area contributed by atoms with E-state index in [1.165, 1.54) is 0 Å². The van der Waals surface area contributed by atoms with Gasteiger partial charge in [0.1, 0.15) is 11.1 Å². The zero-order valence-electron chi connectivity index (χ0n) is 14.4. The Balaban J connectivity index is 1.54. The van der Waals surface area contributed by atoms with E-state index in [1.807, 2.05) is 49.9 Å². The molecule has 1 aromatic heterocycles. The molecule has 1 aliphatic rings. The van der Waals surface area contributed by atoms with Gasteiger partial charge in [0, 0.05) is 18.8 Å². The van der Waals surface area contributed by atoms with E-state index < -0.39 is 5.60 Å². The van der Waals surface area contributed by atoms with Gasteiger partial charge in [-0.05, 0) is 51.7 Å². The smallest absolute Gasteiger partial charge is 0.410 e. The fourth-order valence-corrected chi connectivity index (χ4v) is 3.76. The second-order valence-corrected chi connectivity index (χ2v) is 8.16. The molecule has 1 atom stereocenters. The number of likely N-dealkylation sites (tertiary alicyclic amines) is 1. The average Bonchev–Trinajstić information content (AvgIpc) is 2.94. The van der Waals surface area contributed by atoms with Gasteiger partial charge in [0.25, 0.3) is 5.22 Å². The van der Waals surface area contributed by atoms with Crippen LogP contribution in [-0.2, 0) is 4.74 Å². The lowest BCUT2D eigenvalue weighted by molar-refractivity contribution is 0.0177. The quantitative estimate of drug-likeness (QED) is 0.761. The maximum Gasteiger partial charge on any atom is 0.410 e. The number of aromatic nitrogens is 1. The van der Waals surface area contributed by atoms with E-state index in [0.717, 1.165) is 42.8 Å². The molecule has 1 amide bonds. The van der Waals surface area contributed by atoms with Crippen molar-refractivity contribution in [3.8, 4) is 0 Å². The summed E-state index contributed by atoms with van der Waals surface area (Å²) in [4.78, 5) is 18.5. The van der Waals surface area contributed by atoms with E-state index in [0.29, 0.717) is 11.1 Å². The minimum Gasteiger partial charge on any atom is -0.444 e. The van der Waals surface area contributed by atoms with Gasteiger partial charge in [-0.1, -0.05) is 23.9 Å². The lowest BCUT2D eigenvalue weighted by Crippen LogP contribution is -2.43. The molecule has 1 saturated heterocycles. The molecule has 0 spiro atoms. The highest BCUT2D eigenvalue weighted by Gasteiger charge is 2.27. The Kier molecular flexibility index (Phi) is 5.04. The van der Waals surface area contributed by atoms with Crippen LogP contribution in [-0.4, -0.2) is 40.4 Å². The first kappa shape index (κ1) is 17.1. The van der Waals surface area contributed by atoms with E-state index >= 15 is 0 Å². The average molecular weight is 348 g/mol. The zero-order chi connectivity index (χ0) is 17.2. The van der Waals surface area contributed by atoms with E-state index in [2.05, 4.69) is 4.98 Å². The van der Waals surface area contributed by atoms with Crippen LogP contribution in [0.2, 0.25) is 0 Å². The summed E-state index contributed by atoms with van der Waals surface area (Å²) in [5.41, 5.74) is 1.26. The minimum absolute atomic E-state index is 0.209. The van der Waals surface area contributed by atoms with E-state index in [-0.39, 0.29) is 6.09 Å². The maximum absolute atomic E-state index is 12.2. The first-order chi connectivity index (χ1) is 11.4. The molecule has 6 heteroatoms. The number of fused-ring (bicyclic) bond motifs is 1. The predicted molar refractivity (Wildman–Crippen MR) is 95.3 cm³/mol. The van der Waals surface area contributed by atoms with Crippen LogP contribution in [0.1, 0.15) is 33.6 Å². The number of carbonyl (C=O) groups excluding carboxylic acids is 1. The fourth-order valence-electron chi connectivity index (χ4n) is 2.80. The number of oxazole rings is 1. The Morgan fingerprint density at radius 2 is 2.21 bits per heavy atom. The molecule has 0 bridgehead atoms. The molecule has 5 nitrogen and oxygen atoms in total. The molecule has 1 fully saturated rings. The van der Waals surface area contributed by atoms with Crippen LogP contribution < -0.4 is 0 Å². The molecular formula is C18H24N2O3S. The Morgan fingerprint density at radius 3 is 2.96 bits per heavy atom. The third-order valence-corrected chi connectivity index (χ3v) is 4.95. The molecule has 0 radical (unpaired) electrons. The standard InChI is InChI=1S/C18H24N2O3S/c1-18(2,3)23-17(21)20-10-6-7-13(11-20)12-24-16-19-14-8-4-5-9-15(14)22-16/h4-5,8-9,13H,6-7,10-12H2,1-3H3/t13-/m1/s1. The van der Waals surface area contributed by atoms with Crippen molar-refractivity contribution in [2.75, 3.05) is 18.8 Å². The number of carbonyl (C=O) groups is 1. The molecule has 0 saturated carbocycles. The molecule has 1 aliphatic heterocycles. The third kappa shape index (κ3) is 4.44. The van der Waals surface area contributed by atoms with Gasteiger partial charge in [-0.15, -0.1) is 0 Å². The van der Waals surface area contributed by atoms with Crippen molar-refractivity contribution in [1.82, 2.24) is 9.88 Å². The highest BCUT2D eigenvalue weighted by Crippen LogP contribution is 2.28. The summed E-state index contributed by atoms with van der Waals surface area (Å²) in [5.74, 6) is 1.33. The van der Waals surface area contributed by atoms with Crippen molar-refractivity contribution in [3.63, 3.8) is 0 Å². The van der Waals surface area contributed by atoms with Gasteiger partial charge >= 0.3 is 6.09 Å². The Morgan fingerprint density at radius 1 is 1.42 bits per heavy atom. The lowest BCUT2D eigenvalue weighted by atomic mass is 10.0. The SMILES string of the molecule is CC(C)(C)OC(=O)N1CCC[C@@H](CSc2nc3ccccc3o2)C1. The Hall–Kier alpha value is -1.69. The molecule has 24 heavy (non-hydrogen) atoms. The topological polar surface area (TPSA) is 55.6 Å². The normalized spacial score (nSPS) is 18.8. The largest absolute Gasteiger partial charge is 0.444 e. The van der Waals surface area contributed by atoms with Gasteiger partial charge in [0.2, 0.25) is 0 Å². The highest BCUT2D eigenvalue weighted by atomic mass is 32.2. The van der Waals surface area contributed by atoms with Crippen molar-refractivity contribution >= 4 is 29.0 Å². The van der Waals surface area contributed by atoms with Gasteiger partial charge in [-0.25, -0.2) is 9.78 Å². The maximum atomic E-state index is 12.2. The van der Waals surface area contributed by atoms with Crippen LogP contribution in [0.25, 0.3) is 11.1 Å². The second-order valence-electron chi connectivity index (χ2n) is 7.19. The molecular weight excluding hydrogens is 324 g/mol. The van der Waals surface area contributed by atoms with Gasteiger partial charge in [-0.3, -0.25) is 0 Å². The van der Waals surface area contributed by atoms with Gasteiger partial charge in [0.15, 0.2) is 5.58 Å². The van der Waals surface area contributed by atoms with Gasteiger partial charge < -0.3 is 14.1 Å². The fraction of sp³-hybridized carbons (Fsp3) is 0.556. The molecule has 1 aromatic carbocycles. The van der Waals surface area contributed by atoms with Crippen LogP contribution in [0.15, 0.2) is 33.9 Å². The number of thioether (sulfide) groups is 1. The molecule has 0 unspecified atom stereocenters. The first-order valence-electron chi connectivity index (χ1n) is 8.37. The van der Waals surface area contributed by atoms with E-state index in [1.54, 1.807) is 11.8 Å². The molecule has 2 heterocycles. The number of rotatable bonds is 3. The van der Waals surface area contributed by atoms with Crippen molar-refractivity contribution in [2.45, 2.75) is 44.4 Å². The summed E-state index contributed by atoms with van der Waals surface area (Å²) in [6, 6.07) is 7.78. The summed E-state index contributed by atoms with van der Waals surface area (Å²) < 4.78 is 11.2. The van der Waals surface area contributed by atoms with Crippen LogP contribution in [0.4, 0.5) is 4.79 Å². The summed E-state index contributed by atoms with van der Waals surface area (Å²) in [5, 5.41) is 0.700. The third-order valence-electron chi connectivity index (χ3n) is 3.89. The number of para-hydroxylation sites is 2. The van der Waals surface area contributed by atoms with Gasteiger partial charge in [-0.2, -0.15) is 0 Å². The first-order valence-corrected chi connectivity index (χ1v) is 9.35. The Labute approximate surface area is 146 Å². The van der Waals surface area contributed by atoms with Crippen molar-refractivity contribution in [2.24, 2.45) is 5.92 Å². The number of piperidine rings is 1. The second kappa shape index (κ2) is 7.05. The van der Waals surface area contributed by atoms with Crippen molar-refractivity contribution in [1.29, 1.82) is 0 Å². The number of amides is 1. The number of benzene rings is 1. The Bertz CT molecular complexity index is 675. The number of hydrogen-bond donors (Lipinski definition) is 0. The number of nitrogens with zero attached hydrogens (tertiary/aromatic N) is 2. The molecule has 3 rings (SSSR count). The summed E-state index contributed by atoms with van der Waals surface area (Å²) in [7, 11) is 0. The van der Waals surface area contributed by atoms with E-state index in [4.69, 9.17) is 9.15 Å². The zero-order valence-corrected chi connectivity index (χ0v) is 15.3. The minimum atomic E-state index is -0.447. The monoisotopic (exact) mass is 348 g/mol. The van der Waals surface area contributed by atoms with Crippen LogP contribution in [0.3, 0.4) is 0 Å². The predicted octanol–water partition coefficient (Wildman–Crippen LogP) is 4.57. The molecule has 2 aromatic rings. The van der Waals surface area contributed by atoms with E-state index in [9.17, 15) is 4.79 Å². The molecule has 130 valence electrons. The summed E-state index contributed by atoms with van der Waals surface area (Å²) in [6.07, 6.45) is 1.92. The summed E-state index contributed by atoms with van der Waals surface area (Å²) >= 11 is 1.62. The number of hydrogen-bond acceptors (Lipinski definition) is 5. The molecule has 0 aliphatic carbocycles. The van der Waals surface area contributed by atoms with Crippen LogP contribution >= 0.6 is 11.8 Å². The highest BCUT2D eigenvalue weighted by molar-refractivity contribution is 7.99. The summed E-state index contributed by atoms with van der Waals surface area (Å²) in [6.45, 7) is 7.21.